The Bertz CT molecular complexity index is 304. The molecule has 0 bridgehead atoms. The summed E-state index contributed by atoms with van der Waals surface area (Å²) < 4.78 is 0. The van der Waals surface area contributed by atoms with E-state index in [-0.39, 0.29) is 0 Å². The van der Waals surface area contributed by atoms with E-state index in [4.69, 9.17) is 0 Å². The van der Waals surface area contributed by atoms with Crippen LogP contribution in [0.2, 0.25) is 0 Å². The summed E-state index contributed by atoms with van der Waals surface area (Å²) in [6.07, 6.45) is 2.69. The maximum absolute atomic E-state index is 2.43. The highest BCUT2D eigenvalue weighted by atomic mass is 32.2. The van der Waals surface area contributed by atoms with E-state index in [0.717, 1.165) is 5.25 Å². The Hall–Kier alpha value is -0.470. The van der Waals surface area contributed by atoms with Gasteiger partial charge < -0.3 is 4.90 Å². The number of piperidine rings is 1. The van der Waals surface area contributed by atoms with Crippen LogP contribution in [-0.4, -0.2) is 30.3 Å². The van der Waals surface area contributed by atoms with Crippen molar-refractivity contribution in [2.24, 2.45) is 0 Å². The van der Waals surface area contributed by atoms with Gasteiger partial charge in [0.05, 0.1) is 0 Å². The maximum atomic E-state index is 2.43. The van der Waals surface area contributed by atoms with E-state index in [1.807, 2.05) is 0 Å². The molecule has 1 heterocycles. The first-order valence-corrected chi connectivity index (χ1v) is 7.09. The molecular weight excluding hydrogens is 214 g/mol. The molecular formula is C14H21NS. The summed E-state index contributed by atoms with van der Waals surface area (Å²) in [5.41, 5.74) is 1.46. The number of nitrogens with zero attached hydrogens (tertiary/aromatic N) is 1. The van der Waals surface area contributed by atoms with Crippen LogP contribution >= 0.6 is 11.8 Å². The van der Waals surface area contributed by atoms with Gasteiger partial charge in [-0.3, -0.25) is 0 Å². The molecule has 2 heteroatoms. The minimum absolute atomic E-state index is 0.634. The minimum Gasteiger partial charge on any atom is -0.306 e. The summed E-state index contributed by atoms with van der Waals surface area (Å²) in [7, 11) is 2.22. The van der Waals surface area contributed by atoms with E-state index in [0.29, 0.717) is 5.25 Å². The molecule has 0 aromatic heterocycles. The summed E-state index contributed by atoms with van der Waals surface area (Å²) in [6.45, 7) is 4.86. The molecule has 0 radical (unpaired) electrons. The van der Waals surface area contributed by atoms with Crippen LogP contribution in [0.15, 0.2) is 30.3 Å². The third-order valence-corrected chi connectivity index (χ3v) is 4.87. The van der Waals surface area contributed by atoms with Crippen LogP contribution in [0.4, 0.5) is 0 Å². The number of benzene rings is 1. The molecule has 1 aliphatic heterocycles. The monoisotopic (exact) mass is 235 g/mol. The van der Waals surface area contributed by atoms with Gasteiger partial charge in [0.25, 0.3) is 0 Å². The van der Waals surface area contributed by atoms with Crippen molar-refractivity contribution in [3.63, 3.8) is 0 Å². The van der Waals surface area contributed by atoms with E-state index >= 15 is 0 Å². The molecule has 1 saturated heterocycles. The lowest BCUT2D eigenvalue weighted by Gasteiger charge is -2.30. The molecule has 1 fully saturated rings. The molecule has 0 saturated carbocycles. The zero-order valence-corrected chi connectivity index (χ0v) is 11.0. The summed E-state index contributed by atoms with van der Waals surface area (Å²) in [4.78, 5) is 2.43. The van der Waals surface area contributed by atoms with Gasteiger partial charge >= 0.3 is 0 Å². The van der Waals surface area contributed by atoms with Crippen LogP contribution in [0.1, 0.15) is 30.6 Å². The lowest BCUT2D eigenvalue weighted by molar-refractivity contribution is 0.282. The standard InChI is InChI=1S/C14H21NS/c1-12(13-6-4-3-5-7-13)16-14-8-10-15(2)11-9-14/h3-7,12,14H,8-11H2,1-2H3. The van der Waals surface area contributed by atoms with E-state index < -0.39 is 0 Å². The molecule has 1 nitrogen and oxygen atoms in total. The summed E-state index contributed by atoms with van der Waals surface area (Å²) in [5.74, 6) is 0. The fraction of sp³-hybridized carbons (Fsp3) is 0.571. The molecule has 16 heavy (non-hydrogen) atoms. The van der Waals surface area contributed by atoms with Crippen molar-refractivity contribution in [2.75, 3.05) is 20.1 Å². The third kappa shape index (κ3) is 3.26. The van der Waals surface area contributed by atoms with Crippen LogP contribution in [0.5, 0.6) is 0 Å². The fourth-order valence-corrected chi connectivity index (χ4v) is 3.59. The minimum atomic E-state index is 0.634. The Morgan fingerprint density at radius 3 is 2.44 bits per heavy atom. The second-order valence-corrected chi connectivity index (χ2v) is 6.34. The average Bonchev–Trinajstić information content (AvgIpc) is 2.33. The maximum Gasteiger partial charge on any atom is 0.0271 e. The smallest absolute Gasteiger partial charge is 0.0271 e. The lowest BCUT2D eigenvalue weighted by Crippen LogP contribution is -2.31. The van der Waals surface area contributed by atoms with Crippen LogP contribution in [0.3, 0.4) is 0 Å². The van der Waals surface area contributed by atoms with Crippen molar-refractivity contribution in [1.82, 2.24) is 4.90 Å². The van der Waals surface area contributed by atoms with E-state index in [2.05, 4.69) is 61.0 Å². The molecule has 1 aromatic rings. The molecule has 2 rings (SSSR count). The van der Waals surface area contributed by atoms with Crippen molar-refractivity contribution >= 4 is 11.8 Å². The van der Waals surface area contributed by atoms with Crippen molar-refractivity contribution < 1.29 is 0 Å². The fourth-order valence-electron chi connectivity index (χ4n) is 2.21. The highest BCUT2D eigenvalue weighted by molar-refractivity contribution is 8.00. The quantitative estimate of drug-likeness (QED) is 0.788. The topological polar surface area (TPSA) is 3.24 Å². The highest BCUT2D eigenvalue weighted by Crippen LogP contribution is 2.35. The Labute approximate surface area is 103 Å². The van der Waals surface area contributed by atoms with E-state index in [1.165, 1.54) is 31.5 Å². The number of thioether (sulfide) groups is 1. The molecule has 0 spiro atoms. The van der Waals surface area contributed by atoms with Gasteiger partial charge in [-0.1, -0.05) is 30.3 Å². The van der Waals surface area contributed by atoms with Gasteiger partial charge in [0.1, 0.15) is 0 Å². The van der Waals surface area contributed by atoms with Crippen molar-refractivity contribution in [3.8, 4) is 0 Å². The van der Waals surface area contributed by atoms with Crippen LogP contribution in [0.25, 0.3) is 0 Å². The molecule has 0 amide bonds. The predicted octanol–water partition coefficient (Wildman–Crippen LogP) is 3.58. The molecule has 0 aliphatic carbocycles. The molecule has 0 N–H and O–H groups in total. The van der Waals surface area contributed by atoms with E-state index in [9.17, 15) is 0 Å². The number of hydrogen-bond donors (Lipinski definition) is 0. The largest absolute Gasteiger partial charge is 0.306 e. The average molecular weight is 235 g/mol. The Kier molecular flexibility index (Phi) is 4.30. The number of likely N-dealkylation sites (tertiary alicyclic amines) is 1. The van der Waals surface area contributed by atoms with Gasteiger partial charge in [0, 0.05) is 10.5 Å². The van der Waals surface area contributed by atoms with Crippen molar-refractivity contribution in [3.05, 3.63) is 35.9 Å². The summed E-state index contributed by atoms with van der Waals surface area (Å²) >= 11 is 2.15. The Morgan fingerprint density at radius 2 is 1.81 bits per heavy atom. The highest BCUT2D eigenvalue weighted by Gasteiger charge is 2.19. The van der Waals surface area contributed by atoms with Gasteiger partial charge in [-0.15, -0.1) is 0 Å². The second kappa shape index (κ2) is 5.74. The second-order valence-electron chi connectivity index (χ2n) is 4.69. The van der Waals surface area contributed by atoms with Crippen molar-refractivity contribution in [1.29, 1.82) is 0 Å². The lowest BCUT2D eigenvalue weighted by atomic mass is 10.1. The van der Waals surface area contributed by atoms with Crippen LogP contribution in [0, 0.1) is 0 Å². The summed E-state index contributed by atoms with van der Waals surface area (Å²) in [5, 5.41) is 1.49. The molecule has 1 atom stereocenters. The Balaban J connectivity index is 1.86. The van der Waals surface area contributed by atoms with Crippen LogP contribution < -0.4 is 0 Å². The van der Waals surface area contributed by atoms with Gasteiger partial charge in [-0.25, -0.2) is 0 Å². The predicted molar refractivity (Wildman–Crippen MR) is 73.0 cm³/mol. The molecule has 1 unspecified atom stereocenters. The van der Waals surface area contributed by atoms with Gasteiger partial charge in [-0.2, -0.15) is 11.8 Å². The van der Waals surface area contributed by atoms with Gasteiger partial charge in [-0.05, 0) is 45.5 Å². The first kappa shape index (κ1) is 12.0. The Morgan fingerprint density at radius 1 is 1.19 bits per heavy atom. The SMILES string of the molecule is CC(SC1CCN(C)CC1)c1ccccc1. The van der Waals surface area contributed by atoms with Gasteiger partial charge in [0.2, 0.25) is 0 Å². The molecule has 1 aromatic carbocycles. The molecule has 88 valence electrons. The van der Waals surface area contributed by atoms with Gasteiger partial charge in [0.15, 0.2) is 0 Å². The van der Waals surface area contributed by atoms with Crippen LogP contribution in [-0.2, 0) is 0 Å². The summed E-state index contributed by atoms with van der Waals surface area (Å²) in [6, 6.07) is 10.9. The normalized spacial score (nSPS) is 20.9. The van der Waals surface area contributed by atoms with Crippen molar-refractivity contribution in [2.45, 2.75) is 30.3 Å². The molecule has 1 aliphatic rings. The number of hydrogen-bond acceptors (Lipinski definition) is 2. The number of rotatable bonds is 3. The first-order chi connectivity index (χ1) is 7.75. The zero-order valence-electron chi connectivity index (χ0n) is 10.2. The third-order valence-electron chi connectivity index (χ3n) is 3.33. The van der Waals surface area contributed by atoms with E-state index in [1.54, 1.807) is 0 Å². The first-order valence-electron chi connectivity index (χ1n) is 6.14. The zero-order chi connectivity index (χ0) is 11.4.